The van der Waals surface area contributed by atoms with Crippen LogP contribution in [0.1, 0.15) is 59.6 Å². The fourth-order valence-electron chi connectivity index (χ4n) is 2.25. The summed E-state index contributed by atoms with van der Waals surface area (Å²) in [4.78, 5) is 11.5. The van der Waals surface area contributed by atoms with Crippen LogP contribution in [0.5, 0.6) is 0 Å². The van der Waals surface area contributed by atoms with Crippen molar-refractivity contribution in [2.45, 2.75) is 66.5 Å². The molecule has 1 heterocycles. The molecule has 0 aromatic carbocycles. The van der Waals surface area contributed by atoms with Crippen molar-refractivity contribution in [2.24, 2.45) is 5.92 Å². The van der Waals surface area contributed by atoms with E-state index in [0.717, 1.165) is 31.1 Å². The van der Waals surface area contributed by atoms with Crippen molar-refractivity contribution in [3.8, 4) is 0 Å². The molecule has 0 aliphatic rings. The molecule has 0 radical (unpaired) electrons. The molecule has 1 aromatic rings. The first-order valence-corrected chi connectivity index (χ1v) is 8.32. The summed E-state index contributed by atoms with van der Waals surface area (Å²) in [5.41, 5.74) is 1.01. The Hall–Kier alpha value is -1.16. The molecule has 1 aromatic heterocycles. The zero-order valence-corrected chi connectivity index (χ0v) is 14.4. The van der Waals surface area contributed by atoms with Crippen LogP contribution in [0.25, 0.3) is 0 Å². The summed E-state index contributed by atoms with van der Waals surface area (Å²) in [6, 6.07) is 0.459. The van der Waals surface area contributed by atoms with Gasteiger partial charge < -0.3 is 10.2 Å². The third-order valence-electron chi connectivity index (χ3n) is 3.47. The maximum Gasteiger partial charge on any atom is 0.147 e. The predicted octanol–water partition coefficient (Wildman–Crippen LogP) is 3.63. The van der Waals surface area contributed by atoms with Gasteiger partial charge in [-0.3, -0.25) is 4.98 Å². The minimum Gasteiger partial charge on any atom is -0.353 e. The second-order valence-corrected chi connectivity index (χ2v) is 6.38. The molecule has 0 spiro atoms. The van der Waals surface area contributed by atoms with Crippen LogP contribution in [-0.2, 0) is 6.54 Å². The van der Waals surface area contributed by atoms with Gasteiger partial charge in [-0.1, -0.05) is 33.6 Å². The highest BCUT2D eigenvalue weighted by Gasteiger charge is 2.11. The van der Waals surface area contributed by atoms with Gasteiger partial charge in [-0.15, -0.1) is 0 Å². The fraction of sp³-hybridized carbons (Fsp3) is 0.765. The number of hydrogen-bond donors (Lipinski definition) is 1. The second-order valence-electron chi connectivity index (χ2n) is 6.38. The molecule has 21 heavy (non-hydrogen) atoms. The van der Waals surface area contributed by atoms with E-state index in [4.69, 9.17) is 0 Å². The Morgan fingerprint density at radius 1 is 1.10 bits per heavy atom. The maximum absolute atomic E-state index is 4.60. The summed E-state index contributed by atoms with van der Waals surface area (Å²) in [6.45, 7) is 13.9. The maximum atomic E-state index is 4.60. The smallest absolute Gasteiger partial charge is 0.147 e. The van der Waals surface area contributed by atoms with E-state index in [1.807, 2.05) is 12.4 Å². The monoisotopic (exact) mass is 292 g/mol. The molecule has 4 heteroatoms. The van der Waals surface area contributed by atoms with E-state index >= 15 is 0 Å². The molecule has 0 unspecified atom stereocenters. The molecule has 0 saturated heterocycles. The highest BCUT2D eigenvalue weighted by atomic mass is 15.2. The van der Waals surface area contributed by atoms with Crippen LogP contribution in [0.4, 0.5) is 5.82 Å². The van der Waals surface area contributed by atoms with E-state index in [2.05, 4.69) is 54.8 Å². The third kappa shape index (κ3) is 6.89. The fourth-order valence-corrected chi connectivity index (χ4v) is 2.25. The van der Waals surface area contributed by atoms with Crippen molar-refractivity contribution in [3.05, 3.63) is 18.1 Å². The summed E-state index contributed by atoms with van der Waals surface area (Å²) in [5, 5.41) is 3.40. The second kappa shape index (κ2) is 9.72. The van der Waals surface area contributed by atoms with Crippen molar-refractivity contribution < 1.29 is 0 Å². The zero-order chi connectivity index (χ0) is 15.7. The average molecular weight is 292 g/mol. The van der Waals surface area contributed by atoms with Crippen LogP contribution >= 0.6 is 0 Å². The Bertz CT molecular complexity index is 373. The van der Waals surface area contributed by atoms with Crippen molar-refractivity contribution in [3.63, 3.8) is 0 Å². The van der Waals surface area contributed by atoms with Gasteiger partial charge in [0.1, 0.15) is 5.82 Å². The lowest BCUT2D eigenvalue weighted by molar-refractivity contribution is 0.547. The summed E-state index contributed by atoms with van der Waals surface area (Å²) in [6.07, 6.45) is 7.55. The normalized spacial score (nSPS) is 11.4. The van der Waals surface area contributed by atoms with E-state index in [0.29, 0.717) is 12.0 Å². The quantitative estimate of drug-likeness (QED) is 0.669. The van der Waals surface area contributed by atoms with Gasteiger partial charge >= 0.3 is 0 Å². The molecule has 1 rings (SSSR count). The van der Waals surface area contributed by atoms with E-state index in [-0.39, 0.29) is 0 Å². The van der Waals surface area contributed by atoms with Crippen LogP contribution in [-0.4, -0.2) is 29.1 Å². The lowest BCUT2D eigenvalue weighted by Crippen LogP contribution is -2.32. The molecule has 0 atom stereocenters. The van der Waals surface area contributed by atoms with Gasteiger partial charge in [-0.2, -0.15) is 0 Å². The molecule has 0 fully saturated rings. The average Bonchev–Trinajstić information content (AvgIpc) is 2.44. The van der Waals surface area contributed by atoms with Gasteiger partial charge in [-0.05, 0) is 32.7 Å². The van der Waals surface area contributed by atoms with Gasteiger partial charge in [0.05, 0.1) is 18.1 Å². The molecule has 0 aliphatic heterocycles. The van der Waals surface area contributed by atoms with E-state index in [1.165, 1.54) is 19.3 Å². The number of aromatic nitrogens is 2. The van der Waals surface area contributed by atoms with Crippen LogP contribution in [0, 0.1) is 5.92 Å². The summed E-state index contributed by atoms with van der Waals surface area (Å²) in [7, 11) is 0. The zero-order valence-electron chi connectivity index (χ0n) is 14.4. The largest absolute Gasteiger partial charge is 0.353 e. The first-order chi connectivity index (χ1) is 10.0. The van der Waals surface area contributed by atoms with Crippen LogP contribution < -0.4 is 10.2 Å². The van der Waals surface area contributed by atoms with Gasteiger partial charge in [0, 0.05) is 19.1 Å². The highest BCUT2D eigenvalue weighted by Crippen LogP contribution is 2.14. The van der Waals surface area contributed by atoms with E-state index in [9.17, 15) is 0 Å². The molecule has 0 amide bonds. The first-order valence-electron chi connectivity index (χ1n) is 8.32. The summed E-state index contributed by atoms with van der Waals surface area (Å²) in [5.74, 6) is 1.65. The highest BCUT2D eigenvalue weighted by molar-refractivity contribution is 5.36. The topological polar surface area (TPSA) is 41.1 Å². The first kappa shape index (κ1) is 17.9. The predicted molar refractivity (Wildman–Crippen MR) is 90.6 cm³/mol. The number of nitrogens with zero attached hydrogens (tertiary/aromatic N) is 3. The van der Waals surface area contributed by atoms with Gasteiger partial charge in [0.2, 0.25) is 0 Å². The molecule has 120 valence electrons. The lowest BCUT2D eigenvalue weighted by atomic mass is 10.2. The Labute approximate surface area is 130 Å². The Balaban J connectivity index is 2.56. The van der Waals surface area contributed by atoms with Gasteiger partial charge in [0.15, 0.2) is 0 Å². The van der Waals surface area contributed by atoms with Crippen molar-refractivity contribution >= 4 is 5.82 Å². The number of hydrogen-bond acceptors (Lipinski definition) is 4. The molecular weight excluding hydrogens is 260 g/mol. The molecule has 0 bridgehead atoms. The standard InChI is InChI=1S/C17H32N4/c1-6-7-8-9-21(15(4)5)17-13-19-16(12-20-17)11-18-10-14(2)3/h12-15,18H,6-11H2,1-5H3. The lowest BCUT2D eigenvalue weighted by Gasteiger charge is -2.27. The Morgan fingerprint density at radius 3 is 2.38 bits per heavy atom. The Morgan fingerprint density at radius 2 is 1.86 bits per heavy atom. The van der Waals surface area contributed by atoms with Crippen molar-refractivity contribution in [2.75, 3.05) is 18.0 Å². The summed E-state index contributed by atoms with van der Waals surface area (Å²) < 4.78 is 0. The number of rotatable bonds is 10. The molecule has 4 nitrogen and oxygen atoms in total. The van der Waals surface area contributed by atoms with E-state index < -0.39 is 0 Å². The molecule has 0 saturated carbocycles. The number of nitrogens with one attached hydrogen (secondary N) is 1. The third-order valence-corrected chi connectivity index (χ3v) is 3.47. The Kier molecular flexibility index (Phi) is 8.28. The van der Waals surface area contributed by atoms with Crippen LogP contribution in [0.3, 0.4) is 0 Å². The van der Waals surface area contributed by atoms with Gasteiger partial charge in [0.25, 0.3) is 0 Å². The summed E-state index contributed by atoms with van der Waals surface area (Å²) >= 11 is 0. The van der Waals surface area contributed by atoms with Crippen molar-refractivity contribution in [1.82, 2.24) is 15.3 Å². The minimum absolute atomic E-state index is 0.459. The molecule has 1 N–H and O–H groups in total. The minimum atomic E-state index is 0.459. The SMILES string of the molecule is CCCCCN(c1cnc(CNCC(C)C)cn1)C(C)C. The number of unbranched alkanes of at least 4 members (excludes halogenated alkanes) is 2. The molecule has 0 aliphatic carbocycles. The molecular formula is C17H32N4. The van der Waals surface area contributed by atoms with Gasteiger partial charge in [-0.25, -0.2) is 4.98 Å². The number of anilines is 1. The van der Waals surface area contributed by atoms with Crippen LogP contribution in [0.15, 0.2) is 12.4 Å². The van der Waals surface area contributed by atoms with Crippen LogP contribution in [0.2, 0.25) is 0 Å². The van der Waals surface area contributed by atoms with E-state index in [1.54, 1.807) is 0 Å². The van der Waals surface area contributed by atoms with Crippen molar-refractivity contribution in [1.29, 1.82) is 0 Å².